The van der Waals surface area contributed by atoms with E-state index in [0.717, 1.165) is 61.8 Å². The molecule has 2 saturated heterocycles. The molecule has 1 saturated carbocycles. The highest BCUT2D eigenvalue weighted by atomic mass is 35.5. The summed E-state index contributed by atoms with van der Waals surface area (Å²) in [5.74, 6) is 1.22. The number of aryl methyl sites for hydroxylation is 3. The lowest BCUT2D eigenvalue weighted by molar-refractivity contribution is -0.126. The van der Waals surface area contributed by atoms with Gasteiger partial charge in [-0.05, 0) is 76.1 Å². The SMILES string of the molecule is Cc1ccc(N(CCCN2CC3CN(C(=O)c4c(C)ncnc4C)CC3C2)C(=O)C2CCC(=O)CC2)cc1Cl. The van der Waals surface area contributed by atoms with E-state index in [9.17, 15) is 14.4 Å². The Labute approximate surface area is 235 Å². The van der Waals surface area contributed by atoms with Gasteiger partial charge in [-0.3, -0.25) is 14.4 Å². The largest absolute Gasteiger partial charge is 0.338 e. The van der Waals surface area contributed by atoms with Crippen LogP contribution in [0.3, 0.4) is 0 Å². The number of hydrogen-bond donors (Lipinski definition) is 0. The predicted octanol–water partition coefficient (Wildman–Crippen LogP) is 4.24. The van der Waals surface area contributed by atoms with Gasteiger partial charge in [0.05, 0.1) is 17.0 Å². The lowest BCUT2D eigenvalue weighted by Crippen LogP contribution is -2.40. The van der Waals surface area contributed by atoms with Crippen molar-refractivity contribution in [3.8, 4) is 0 Å². The number of anilines is 1. The van der Waals surface area contributed by atoms with Gasteiger partial charge in [0.2, 0.25) is 5.91 Å². The molecule has 1 aromatic carbocycles. The molecule has 0 N–H and O–H groups in total. The Hall–Kier alpha value is -2.84. The summed E-state index contributed by atoms with van der Waals surface area (Å²) in [5.41, 5.74) is 3.92. The van der Waals surface area contributed by atoms with Gasteiger partial charge < -0.3 is 14.7 Å². The van der Waals surface area contributed by atoms with E-state index in [1.165, 1.54) is 6.33 Å². The molecule has 0 radical (unpaired) electrons. The summed E-state index contributed by atoms with van der Waals surface area (Å²) in [4.78, 5) is 53.3. The molecule has 2 aliphatic heterocycles. The van der Waals surface area contributed by atoms with Gasteiger partial charge in [0.1, 0.15) is 12.1 Å². The van der Waals surface area contributed by atoms with Crippen molar-refractivity contribution in [2.75, 3.05) is 44.2 Å². The van der Waals surface area contributed by atoms with Crippen LogP contribution < -0.4 is 4.90 Å². The maximum atomic E-state index is 13.6. The second kappa shape index (κ2) is 11.7. The molecule has 5 rings (SSSR count). The zero-order valence-electron chi connectivity index (χ0n) is 23.2. The van der Waals surface area contributed by atoms with Crippen LogP contribution >= 0.6 is 11.6 Å². The van der Waals surface area contributed by atoms with Crippen molar-refractivity contribution in [2.45, 2.75) is 52.9 Å². The summed E-state index contributed by atoms with van der Waals surface area (Å²) in [6.07, 6.45) is 4.61. The van der Waals surface area contributed by atoms with Gasteiger partial charge in [0.15, 0.2) is 0 Å². The average Bonchev–Trinajstić information content (AvgIpc) is 3.47. The first-order chi connectivity index (χ1) is 18.7. The molecule has 1 aromatic heterocycles. The minimum atomic E-state index is -0.111. The number of aromatic nitrogens is 2. The van der Waals surface area contributed by atoms with Crippen molar-refractivity contribution in [1.82, 2.24) is 19.8 Å². The molecule has 208 valence electrons. The number of hydrogen-bond acceptors (Lipinski definition) is 6. The number of amides is 2. The number of carbonyl (C=O) groups is 3. The minimum absolute atomic E-state index is 0.0434. The monoisotopic (exact) mass is 551 g/mol. The summed E-state index contributed by atoms with van der Waals surface area (Å²) >= 11 is 6.42. The number of benzene rings is 1. The first-order valence-corrected chi connectivity index (χ1v) is 14.5. The van der Waals surface area contributed by atoms with E-state index in [1.807, 2.05) is 48.8 Å². The number of halogens is 1. The van der Waals surface area contributed by atoms with Gasteiger partial charge >= 0.3 is 0 Å². The van der Waals surface area contributed by atoms with E-state index >= 15 is 0 Å². The Kier molecular flexibility index (Phi) is 8.33. The molecule has 3 heterocycles. The third-order valence-corrected chi connectivity index (χ3v) is 9.18. The number of likely N-dealkylation sites (tertiary alicyclic amines) is 2. The van der Waals surface area contributed by atoms with E-state index in [1.54, 1.807) is 0 Å². The standard InChI is InChI=1S/C30H38ClN5O3/c1-19-5-8-25(13-27(19)31)36(29(38)22-6-9-26(37)10-7-22)12-4-11-34-14-23-16-35(17-24(23)15-34)30(39)28-20(2)32-18-33-21(28)3/h5,8,13,18,22-24H,4,6-7,9-12,14-17H2,1-3H3. The second-order valence-electron chi connectivity index (χ2n) is 11.5. The van der Waals surface area contributed by atoms with Gasteiger partial charge in [-0.15, -0.1) is 0 Å². The molecule has 9 heteroatoms. The fraction of sp³-hybridized carbons (Fsp3) is 0.567. The summed E-state index contributed by atoms with van der Waals surface area (Å²) in [7, 11) is 0. The smallest absolute Gasteiger partial charge is 0.257 e. The Morgan fingerprint density at radius 3 is 2.26 bits per heavy atom. The highest BCUT2D eigenvalue weighted by Crippen LogP contribution is 2.33. The third-order valence-electron chi connectivity index (χ3n) is 8.77. The Morgan fingerprint density at radius 2 is 1.64 bits per heavy atom. The molecule has 2 aromatic rings. The first-order valence-electron chi connectivity index (χ1n) is 14.1. The fourth-order valence-electron chi connectivity index (χ4n) is 6.48. The van der Waals surface area contributed by atoms with E-state index < -0.39 is 0 Å². The van der Waals surface area contributed by atoms with Gasteiger partial charge in [-0.1, -0.05) is 17.7 Å². The predicted molar refractivity (Wildman–Crippen MR) is 151 cm³/mol. The van der Waals surface area contributed by atoms with Crippen LogP contribution in [0.2, 0.25) is 5.02 Å². The van der Waals surface area contributed by atoms with Crippen molar-refractivity contribution in [1.29, 1.82) is 0 Å². The maximum Gasteiger partial charge on any atom is 0.257 e. The van der Waals surface area contributed by atoms with Gasteiger partial charge in [-0.2, -0.15) is 0 Å². The molecule has 2 amide bonds. The summed E-state index contributed by atoms with van der Waals surface area (Å²) in [5, 5.41) is 0.656. The highest BCUT2D eigenvalue weighted by molar-refractivity contribution is 6.31. The van der Waals surface area contributed by atoms with Crippen LogP contribution in [0.15, 0.2) is 24.5 Å². The number of nitrogens with zero attached hydrogens (tertiary/aromatic N) is 5. The molecule has 39 heavy (non-hydrogen) atoms. The number of rotatable bonds is 7. The van der Waals surface area contributed by atoms with Crippen molar-refractivity contribution in [3.05, 3.63) is 52.1 Å². The second-order valence-corrected chi connectivity index (χ2v) is 11.9. The summed E-state index contributed by atoms with van der Waals surface area (Å²) < 4.78 is 0. The minimum Gasteiger partial charge on any atom is -0.338 e. The van der Waals surface area contributed by atoms with Gasteiger partial charge in [0.25, 0.3) is 5.91 Å². The summed E-state index contributed by atoms with van der Waals surface area (Å²) in [6.45, 7) is 10.7. The van der Waals surface area contributed by atoms with E-state index in [2.05, 4.69) is 14.9 Å². The molecule has 2 atom stereocenters. The third kappa shape index (κ3) is 6.02. The van der Waals surface area contributed by atoms with Gasteiger partial charge in [-0.25, -0.2) is 9.97 Å². The Balaban J connectivity index is 1.17. The van der Waals surface area contributed by atoms with Crippen molar-refractivity contribution in [2.24, 2.45) is 17.8 Å². The van der Waals surface area contributed by atoms with E-state index in [0.29, 0.717) is 54.6 Å². The Morgan fingerprint density at radius 1 is 1.00 bits per heavy atom. The normalized spacial score (nSPS) is 21.8. The molecule has 0 bridgehead atoms. The zero-order valence-corrected chi connectivity index (χ0v) is 23.9. The topological polar surface area (TPSA) is 86.7 Å². The molecule has 3 fully saturated rings. The first kappa shape index (κ1) is 27.7. The lowest BCUT2D eigenvalue weighted by Gasteiger charge is -2.30. The lowest BCUT2D eigenvalue weighted by atomic mass is 9.87. The van der Waals surface area contributed by atoms with Crippen molar-refractivity contribution >= 4 is 34.9 Å². The van der Waals surface area contributed by atoms with E-state index in [-0.39, 0.29) is 23.5 Å². The zero-order chi connectivity index (χ0) is 27.7. The maximum absolute atomic E-state index is 13.6. The quantitative estimate of drug-likeness (QED) is 0.511. The van der Waals surface area contributed by atoms with Crippen LogP contribution in [0.4, 0.5) is 5.69 Å². The van der Waals surface area contributed by atoms with Crippen LogP contribution in [0, 0.1) is 38.5 Å². The highest BCUT2D eigenvalue weighted by Gasteiger charge is 2.42. The molecular formula is C30H38ClN5O3. The molecule has 8 nitrogen and oxygen atoms in total. The van der Waals surface area contributed by atoms with Crippen LogP contribution in [0.1, 0.15) is 59.4 Å². The van der Waals surface area contributed by atoms with Crippen LogP contribution in [-0.4, -0.2) is 76.6 Å². The molecular weight excluding hydrogens is 514 g/mol. The number of carbonyl (C=O) groups excluding carboxylic acids is 3. The molecule has 3 aliphatic rings. The van der Waals surface area contributed by atoms with Crippen LogP contribution in [0.25, 0.3) is 0 Å². The molecule has 2 unspecified atom stereocenters. The van der Waals surface area contributed by atoms with Gasteiger partial charge in [0, 0.05) is 62.2 Å². The van der Waals surface area contributed by atoms with Crippen LogP contribution in [0.5, 0.6) is 0 Å². The van der Waals surface area contributed by atoms with Crippen LogP contribution in [-0.2, 0) is 9.59 Å². The Bertz CT molecular complexity index is 1220. The van der Waals surface area contributed by atoms with E-state index in [4.69, 9.17) is 11.6 Å². The number of fused-ring (bicyclic) bond motifs is 1. The number of ketones is 1. The molecule has 1 aliphatic carbocycles. The van der Waals surface area contributed by atoms with Crippen molar-refractivity contribution in [3.63, 3.8) is 0 Å². The summed E-state index contributed by atoms with van der Waals surface area (Å²) in [6, 6.07) is 5.82. The fourth-order valence-corrected chi connectivity index (χ4v) is 6.65. The number of Topliss-reactive ketones (excluding diaryl/α,β-unsaturated/α-hetero) is 1. The average molecular weight is 552 g/mol. The molecule has 0 spiro atoms. The van der Waals surface area contributed by atoms with Crippen molar-refractivity contribution < 1.29 is 14.4 Å².